The number of anilines is 1. The predicted octanol–water partition coefficient (Wildman–Crippen LogP) is 3.54. The quantitative estimate of drug-likeness (QED) is 0.772. The molecule has 3 rings (SSSR count). The third-order valence-corrected chi connectivity index (χ3v) is 4.85. The summed E-state index contributed by atoms with van der Waals surface area (Å²) in [6.07, 6.45) is 2.34. The molecular weight excluding hydrogens is 352 g/mol. The molecule has 1 aromatic carbocycles. The van der Waals surface area contributed by atoms with Crippen LogP contribution in [0.15, 0.2) is 24.3 Å². The smallest absolute Gasteiger partial charge is 0.319 e. The van der Waals surface area contributed by atoms with E-state index >= 15 is 0 Å². The van der Waals surface area contributed by atoms with Crippen molar-refractivity contribution >= 4 is 23.3 Å². The molecule has 2 aromatic rings. The summed E-state index contributed by atoms with van der Waals surface area (Å²) in [6.45, 7) is 5.92. The molecule has 0 bridgehead atoms. The van der Waals surface area contributed by atoms with E-state index < -0.39 is 0 Å². The van der Waals surface area contributed by atoms with Gasteiger partial charge in [-0.1, -0.05) is 18.3 Å². The van der Waals surface area contributed by atoms with E-state index in [1.165, 1.54) is 11.5 Å². The van der Waals surface area contributed by atoms with Gasteiger partial charge in [0.2, 0.25) is 0 Å². The molecule has 1 aromatic heterocycles. The highest BCUT2D eigenvalue weighted by atomic mass is 32.1. The fraction of sp³-hybridized carbons (Fsp3) is 0.500. The van der Waals surface area contributed by atoms with Gasteiger partial charge in [0, 0.05) is 12.3 Å². The number of rotatable bonds is 7. The first-order chi connectivity index (χ1) is 12.6. The second-order valence-electron chi connectivity index (χ2n) is 6.51. The maximum atomic E-state index is 12.1. The zero-order valence-electron chi connectivity index (χ0n) is 15.0. The van der Waals surface area contributed by atoms with Crippen molar-refractivity contribution in [1.29, 1.82) is 0 Å². The number of hydrogen-bond acceptors (Lipinski definition) is 6. The maximum Gasteiger partial charge on any atom is 0.319 e. The number of benzene rings is 1. The molecule has 2 N–H and O–H groups in total. The molecule has 0 spiro atoms. The average Bonchev–Trinajstić information content (AvgIpc) is 3.31. The lowest BCUT2D eigenvalue weighted by Crippen LogP contribution is -2.28. The van der Waals surface area contributed by atoms with Crippen LogP contribution in [0.4, 0.5) is 10.5 Å². The van der Waals surface area contributed by atoms with Crippen molar-refractivity contribution in [2.75, 3.05) is 18.5 Å². The highest BCUT2D eigenvalue weighted by Gasteiger charge is 2.16. The molecule has 0 radical (unpaired) electrons. The lowest BCUT2D eigenvalue weighted by Gasteiger charge is -2.12. The molecular formula is C18H24N4O3S. The Labute approximate surface area is 157 Å². The fourth-order valence-corrected chi connectivity index (χ4v) is 3.45. The Morgan fingerprint density at radius 3 is 2.88 bits per heavy atom. The topological polar surface area (TPSA) is 85.4 Å². The number of amides is 2. The molecule has 1 atom stereocenters. The van der Waals surface area contributed by atoms with E-state index in [9.17, 15) is 4.79 Å². The molecule has 1 aliphatic heterocycles. The van der Waals surface area contributed by atoms with Gasteiger partial charge in [0.15, 0.2) is 0 Å². The van der Waals surface area contributed by atoms with Gasteiger partial charge in [0.1, 0.15) is 12.4 Å². The fourth-order valence-electron chi connectivity index (χ4n) is 2.71. The zero-order chi connectivity index (χ0) is 18.4. The molecule has 0 saturated carbocycles. The van der Waals surface area contributed by atoms with Gasteiger partial charge in [-0.15, -0.1) is 5.10 Å². The second kappa shape index (κ2) is 8.95. The minimum atomic E-state index is -0.263. The minimum Gasteiger partial charge on any atom is -0.491 e. The molecule has 140 valence electrons. The van der Waals surface area contributed by atoms with Crippen LogP contribution < -0.4 is 15.4 Å². The second-order valence-corrected chi connectivity index (χ2v) is 7.35. The first kappa shape index (κ1) is 18.6. The summed E-state index contributed by atoms with van der Waals surface area (Å²) in [5.41, 5.74) is 1.64. The van der Waals surface area contributed by atoms with Crippen LogP contribution in [0.5, 0.6) is 5.75 Å². The molecule has 1 fully saturated rings. The van der Waals surface area contributed by atoms with Crippen LogP contribution >= 0.6 is 11.5 Å². The maximum absolute atomic E-state index is 12.1. The van der Waals surface area contributed by atoms with E-state index in [4.69, 9.17) is 9.47 Å². The van der Waals surface area contributed by atoms with E-state index in [0.29, 0.717) is 18.8 Å². The highest BCUT2D eigenvalue weighted by molar-refractivity contribution is 7.05. The Kier molecular flexibility index (Phi) is 6.40. The largest absolute Gasteiger partial charge is 0.491 e. The SMILES string of the molecule is CC(C)c1nnsc1CNC(=O)Nc1ccc(OC[C@@H]2CCCO2)cc1. The number of carbonyl (C=O) groups excluding carboxylic acids is 1. The van der Waals surface area contributed by atoms with Gasteiger partial charge in [-0.25, -0.2) is 4.79 Å². The zero-order valence-corrected chi connectivity index (χ0v) is 15.8. The summed E-state index contributed by atoms with van der Waals surface area (Å²) in [6, 6.07) is 7.06. The van der Waals surface area contributed by atoms with Crippen molar-refractivity contribution in [3.8, 4) is 5.75 Å². The van der Waals surface area contributed by atoms with Gasteiger partial charge in [-0.3, -0.25) is 0 Å². The summed E-state index contributed by atoms with van der Waals surface area (Å²) in [5.74, 6) is 1.06. The molecule has 0 aliphatic carbocycles. The van der Waals surface area contributed by atoms with E-state index in [-0.39, 0.29) is 18.1 Å². The normalized spacial score (nSPS) is 16.7. The van der Waals surface area contributed by atoms with Gasteiger partial charge in [0.05, 0.1) is 23.2 Å². The van der Waals surface area contributed by atoms with Gasteiger partial charge in [-0.05, 0) is 54.6 Å². The first-order valence-corrected chi connectivity index (χ1v) is 9.59. The van der Waals surface area contributed by atoms with Gasteiger partial charge < -0.3 is 20.1 Å². The number of hydrogen-bond donors (Lipinski definition) is 2. The third-order valence-electron chi connectivity index (χ3n) is 4.11. The van der Waals surface area contributed by atoms with Crippen LogP contribution in [0.3, 0.4) is 0 Å². The van der Waals surface area contributed by atoms with Crippen molar-refractivity contribution < 1.29 is 14.3 Å². The van der Waals surface area contributed by atoms with Crippen LogP contribution in [-0.2, 0) is 11.3 Å². The number of nitrogens with one attached hydrogen (secondary N) is 2. The average molecular weight is 376 g/mol. The number of carbonyl (C=O) groups is 1. The lowest BCUT2D eigenvalue weighted by molar-refractivity contribution is 0.0679. The molecule has 1 saturated heterocycles. The Balaban J connectivity index is 1.44. The van der Waals surface area contributed by atoms with Crippen LogP contribution in [0.25, 0.3) is 0 Å². The Morgan fingerprint density at radius 1 is 1.38 bits per heavy atom. The molecule has 0 unspecified atom stereocenters. The van der Waals surface area contributed by atoms with E-state index in [0.717, 1.165) is 35.8 Å². The predicted molar refractivity (Wildman–Crippen MR) is 101 cm³/mol. The van der Waals surface area contributed by atoms with E-state index in [2.05, 4.69) is 34.1 Å². The Morgan fingerprint density at radius 2 is 2.19 bits per heavy atom. The Hall–Kier alpha value is -2.19. The summed E-state index contributed by atoms with van der Waals surface area (Å²) in [4.78, 5) is 13.0. The number of aromatic nitrogens is 2. The van der Waals surface area contributed by atoms with Crippen LogP contribution in [0, 0.1) is 0 Å². The highest BCUT2D eigenvalue weighted by Crippen LogP contribution is 2.20. The molecule has 8 heteroatoms. The standard InChI is InChI=1S/C18H24N4O3S/c1-12(2)17-16(26-22-21-17)10-19-18(23)20-13-5-7-14(8-6-13)25-11-15-4-3-9-24-15/h5-8,12,15H,3-4,9-11H2,1-2H3,(H2,19,20,23)/t15-/m0/s1. The van der Waals surface area contributed by atoms with Crippen LogP contribution in [0.2, 0.25) is 0 Å². The van der Waals surface area contributed by atoms with E-state index in [1.807, 2.05) is 24.3 Å². The van der Waals surface area contributed by atoms with Crippen molar-refractivity contribution in [3.63, 3.8) is 0 Å². The molecule has 1 aliphatic rings. The van der Waals surface area contributed by atoms with Crippen LogP contribution in [-0.4, -0.2) is 34.9 Å². The summed E-state index contributed by atoms with van der Waals surface area (Å²) in [7, 11) is 0. The Bertz CT molecular complexity index is 711. The van der Waals surface area contributed by atoms with Gasteiger partial charge in [-0.2, -0.15) is 0 Å². The van der Waals surface area contributed by atoms with Crippen molar-refractivity contribution in [2.45, 2.75) is 45.3 Å². The van der Waals surface area contributed by atoms with Gasteiger partial charge in [0.25, 0.3) is 0 Å². The molecule has 2 heterocycles. The number of urea groups is 1. The lowest BCUT2D eigenvalue weighted by atomic mass is 10.1. The summed E-state index contributed by atoms with van der Waals surface area (Å²) >= 11 is 1.31. The van der Waals surface area contributed by atoms with Gasteiger partial charge >= 0.3 is 6.03 Å². The van der Waals surface area contributed by atoms with Crippen molar-refractivity contribution in [1.82, 2.24) is 14.9 Å². The number of nitrogens with zero attached hydrogens (tertiary/aromatic N) is 2. The molecule has 26 heavy (non-hydrogen) atoms. The van der Waals surface area contributed by atoms with Crippen LogP contribution in [0.1, 0.15) is 43.2 Å². The monoisotopic (exact) mass is 376 g/mol. The third kappa shape index (κ3) is 5.15. The molecule has 2 amide bonds. The summed E-state index contributed by atoms with van der Waals surface area (Å²) in [5, 5.41) is 9.76. The van der Waals surface area contributed by atoms with Crippen molar-refractivity contribution in [2.24, 2.45) is 0 Å². The van der Waals surface area contributed by atoms with Crippen molar-refractivity contribution in [3.05, 3.63) is 34.8 Å². The molecule has 7 nitrogen and oxygen atoms in total. The van der Waals surface area contributed by atoms with E-state index in [1.54, 1.807) is 0 Å². The number of ether oxygens (including phenoxy) is 2. The minimum absolute atomic E-state index is 0.190. The summed E-state index contributed by atoms with van der Waals surface area (Å²) < 4.78 is 15.2. The first-order valence-electron chi connectivity index (χ1n) is 8.82.